The quantitative estimate of drug-likeness (QED) is 0.820. The standard InChI is InChI=1S/C16H25NO2/c1-4-19-11-12(2)17-15-9-14(10-15)13-5-7-16(18-3)8-6-13/h5-8,12,14-15,17H,4,9-11H2,1-3H3. The van der Waals surface area contributed by atoms with E-state index in [0.717, 1.165) is 19.0 Å². The zero-order valence-corrected chi connectivity index (χ0v) is 12.2. The minimum absolute atomic E-state index is 0.446. The molecule has 1 unspecified atom stereocenters. The van der Waals surface area contributed by atoms with Crippen molar-refractivity contribution in [1.29, 1.82) is 0 Å². The number of hydrogen-bond donors (Lipinski definition) is 1. The van der Waals surface area contributed by atoms with Crippen LogP contribution in [0.4, 0.5) is 0 Å². The fourth-order valence-corrected chi connectivity index (χ4v) is 2.65. The summed E-state index contributed by atoms with van der Waals surface area (Å²) in [6.07, 6.45) is 2.45. The monoisotopic (exact) mass is 263 g/mol. The summed E-state index contributed by atoms with van der Waals surface area (Å²) in [7, 11) is 1.71. The molecule has 1 N–H and O–H groups in total. The van der Waals surface area contributed by atoms with E-state index in [0.29, 0.717) is 18.0 Å². The predicted molar refractivity (Wildman–Crippen MR) is 77.8 cm³/mol. The fourth-order valence-electron chi connectivity index (χ4n) is 2.65. The number of nitrogens with one attached hydrogen (secondary N) is 1. The maximum atomic E-state index is 5.43. The van der Waals surface area contributed by atoms with Crippen LogP contribution in [0.2, 0.25) is 0 Å². The van der Waals surface area contributed by atoms with Gasteiger partial charge in [0.15, 0.2) is 0 Å². The Labute approximate surface area is 116 Å². The molecule has 0 aliphatic heterocycles. The lowest BCUT2D eigenvalue weighted by atomic mass is 9.75. The van der Waals surface area contributed by atoms with Gasteiger partial charge in [0.25, 0.3) is 0 Å². The van der Waals surface area contributed by atoms with Gasteiger partial charge in [-0.15, -0.1) is 0 Å². The first-order chi connectivity index (χ1) is 9.22. The first-order valence-electron chi connectivity index (χ1n) is 7.20. The van der Waals surface area contributed by atoms with E-state index in [9.17, 15) is 0 Å². The summed E-state index contributed by atoms with van der Waals surface area (Å²) in [5, 5.41) is 3.62. The highest BCUT2D eigenvalue weighted by molar-refractivity contribution is 5.30. The molecule has 1 atom stereocenters. The van der Waals surface area contributed by atoms with Crippen molar-refractivity contribution in [2.75, 3.05) is 20.3 Å². The van der Waals surface area contributed by atoms with Crippen molar-refractivity contribution in [1.82, 2.24) is 5.32 Å². The van der Waals surface area contributed by atoms with Gasteiger partial charge in [0.1, 0.15) is 5.75 Å². The summed E-state index contributed by atoms with van der Waals surface area (Å²) in [6, 6.07) is 9.55. The first-order valence-corrected chi connectivity index (χ1v) is 7.20. The number of benzene rings is 1. The molecule has 1 aromatic rings. The van der Waals surface area contributed by atoms with Gasteiger partial charge >= 0.3 is 0 Å². The topological polar surface area (TPSA) is 30.5 Å². The molecule has 0 spiro atoms. The smallest absolute Gasteiger partial charge is 0.118 e. The molecule has 1 aliphatic carbocycles. The van der Waals surface area contributed by atoms with Crippen molar-refractivity contribution < 1.29 is 9.47 Å². The van der Waals surface area contributed by atoms with Crippen LogP contribution in [0, 0.1) is 0 Å². The lowest BCUT2D eigenvalue weighted by Gasteiger charge is -2.38. The number of rotatable bonds is 7. The molecule has 2 rings (SSSR count). The van der Waals surface area contributed by atoms with E-state index in [1.165, 1.54) is 18.4 Å². The van der Waals surface area contributed by atoms with Gasteiger partial charge in [0.2, 0.25) is 0 Å². The number of methoxy groups -OCH3 is 1. The molecule has 0 aromatic heterocycles. The largest absolute Gasteiger partial charge is 0.497 e. The summed E-state index contributed by atoms with van der Waals surface area (Å²) < 4.78 is 10.6. The summed E-state index contributed by atoms with van der Waals surface area (Å²) >= 11 is 0. The van der Waals surface area contributed by atoms with E-state index in [1.54, 1.807) is 7.11 Å². The Morgan fingerprint density at radius 1 is 1.26 bits per heavy atom. The van der Waals surface area contributed by atoms with Crippen molar-refractivity contribution in [3.05, 3.63) is 29.8 Å². The van der Waals surface area contributed by atoms with Crippen LogP contribution in [-0.2, 0) is 4.74 Å². The van der Waals surface area contributed by atoms with Crippen LogP contribution in [0.1, 0.15) is 38.2 Å². The lowest BCUT2D eigenvalue weighted by molar-refractivity contribution is 0.115. The van der Waals surface area contributed by atoms with Gasteiger partial charge in [-0.1, -0.05) is 12.1 Å². The van der Waals surface area contributed by atoms with E-state index < -0.39 is 0 Å². The maximum absolute atomic E-state index is 5.43. The summed E-state index contributed by atoms with van der Waals surface area (Å²) in [4.78, 5) is 0. The molecule has 1 aromatic carbocycles. The lowest BCUT2D eigenvalue weighted by Crippen LogP contribution is -2.46. The molecule has 19 heavy (non-hydrogen) atoms. The van der Waals surface area contributed by atoms with Crippen LogP contribution in [0.3, 0.4) is 0 Å². The Bertz CT molecular complexity index is 371. The molecule has 106 valence electrons. The van der Waals surface area contributed by atoms with Crippen LogP contribution >= 0.6 is 0 Å². The van der Waals surface area contributed by atoms with Crippen molar-refractivity contribution in [3.8, 4) is 5.75 Å². The Kier molecular flexibility index (Phi) is 5.23. The van der Waals surface area contributed by atoms with Crippen molar-refractivity contribution >= 4 is 0 Å². The highest BCUT2D eigenvalue weighted by atomic mass is 16.5. The van der Waals surface area contributed by atoms with Gasteiger partial charge in [0, 0.05) is 18.7 Å². The normalized spacial score (nSPS) is 23.7. The Morgan fingerprint density at radius 3 is 2.53 bits per heavy atom. The number of ether oxygens (including phenoxy) is 2. The van der Waals surface area contributed by atoms with Crippen LogP contribution in [0.5, 0.6) is 5.75 Å². The Morgan fingerprint density at radius 2 is 1.95 bits per heavy atom. The van der Waals surface area contributed by atoms with Gasteiger partial charge in [-0.25, -0.2) is 0 Å². The third-order valence-corrected chi connectivity index (χ3v) is 3.82. The summed E-state index contributed by atoms with van der Waals surface area (Å²) in [5.41, 5.74) is 1.43. The third-order valence-electron chi connectivity index (χ3n) is 3.82. The average molecular weight is 263 g/mol. The molecular weight excluding hydrogens is 238 g/mol. The van der Waals surface area contributed by atoms with Crippen LogP contribution in [0.15, 0.2) is 24.3 Å². The van der Waals surface area contributed by atoms with Crippen molar-refractivity contribution in [2.45, 2.75) is 44.7 Å². The zero-order chi connectivity index (χ0) is 13.7. The van der Waals surface area contributed by atoms with Crippen LogP contribution < -0.4 is 10.1 Å². The molecule has 0 radical (unpaired) electrons. The van der Waals surface area contributed by atoms with Gasteiger partial charge in [-0.3, -0.25) is 0 Å². The minimum Gasteiger partial charge on any atom is -0.497 e. The molecule has 0 heterocycles. The number of hydrogen-bond acceptors (Lipinski definition) is 3. The molecule has 0 saturated heterocycles. The molecule has 3 heteroatoms. The molecule has 0 bridgehead atoms. The third kappa shape index (κ3) is 3.95. The van der Waals surface area contributed by atoms with Crippen LogP contribution in [0.25, 0.3) is 0 Å². The summed E-state index contributed by atoms with van der Waals surface area (Å²) in [5.74, 6) is 1.63. The molecule has 1 fully saturated rings. The van der Waals surface area contributed by atoms with E-state index in [2.05, 4.69) is 24.4 Å². The van der Waals surface area contributed by atoms with Gasteiger partial charge in [-0.2, -0.15) is 0 Å². The predicted octanol–water partition coefficient (Wildman–Crippen LogP) is 2.96. The van der Waals surface area contributed by atoms with Crippen LogP contribution in [-0.4, -0.2) is 32.4 Å². The SMILES string of the molecule is CCOCC(C)NC1CC(c2ccc(OC)cc2)C1. The first kappa shape index (κ1) is 14.4. The van der Waals surface area contributed by atoms with E-state index in [-0.39, 0.29) is 0 Å². The van der Waals surface area contributed by atoms with Gasteiger partial charge < -0.3 is 14.8 Å². The Balaban J connectivity index is 1.73. The zero-order valence-electron chi connectivity index (χ0n) is 12.2. The molecule has 3 nitrogen and oxygen atoms in total. The van der Waals surface area contributed by atoms with E-state index in [1.807, 2.05) is 19.1 Å². The molecule has 0 amide bonds. The van der Waals surface area contributed by atoms with E-state index >= 15 is 0 Å². The van der Waals surface area contributed by atoms with Crippen molar-refractivity contribution in [3.63, 3.8) is 0 Å². The molecule has 1 saturated carbocycles. The minimum atomic E-state index is 0.446. The van der Waals surface area contributed by atoms with E-state index in [4.69, 9.17) is 9.47 Å². The fraction of sp³-hybridized carbons (Fsp3) is 0.625. The maximum Gasteiger partial charge on any atom is 0.118 e. The average Bonchev–Trinajstić information content (AvgIpc) is 2.40. The summed E-state index contributed by atoms with van der Waals surface area (Å²) in [6.45, 7) is 5.83. The second kappa shape index (κ2) is 6.92. The Hall–Kier alpha value is -1.06. The second-order valence-corrected chi connectivity index (χ2v) is 5.37. The van der Waals surface area contributed by atoms with Gasteiger partial charge in [-0.05, 0) is 50.3 Å². The molecule has 1 aliphatic rings. The highest BCUT2D eigenvalue weighted by Gasteiger charge is 2.30. The second-order valence-electron chi connectivity index (χ2n) is 5.37. The molecular formula is C16H25NO2. The van der Waals surface area contributed by atoms with Crippen molar-refractivity contribution in [2.24, 2.45) is 0 Å². The highest BCUT2D eigenvalue weighted by Crippen LogP contribution is 2.37. The van der Waals surface area contributed by atoms with Gasteiger partial charge in [0.05, 0.1) is 13.7 Å².